The maximum Gasteiger partial charge on any atom is 0.191 e. The van der Waals surface area contributed by atoms with Gasteiger partial charge in [0, 0.05) is 25.6 Å². The number of unbranched alkanes of at least 4 members (excludes halogenated alkanes) is 1. The fraction of sp³-hybridized carbons (Fsp3) is 0.562. The van der Waals surface area contributed by atoms with Crippen molar-refractivity contribution in [2.45, 2.75) is 39.0 Å². The van der Waals surface area contributed by atoms with E-state index in [0.29, 0.717) is 5.92 Å². The highest BCUT2D eigenvalue weighted by atomic mass is 15.2. The molecular weight excluding hydrogens is 234 g/mol. The molecule has 19 heavy (non-hydrogen) atoms. The third kappa shape index (κ3) is 3.72. The van der Waals surface area contributed by atoms with Gasteiger partial charge in [-0.2, -0.15) is 0 Å². The zero-order valence-corrected chi connectivity index (χ0v) is 12.1. The van der Waals surface area contributed by atoms with Crippen LogP contribution in [-0.4, -0.2) is 25.6 Å². The van der Waals surface area contributed by atoms with Crippen molar-refractivity contribution in [3.63, 3.8) is 0 Å². The van der Waals surface area contributed by atoms with Gasteiger partial charge in [-0.3, -0.25) is 4.99 Å². The first kappa shape index (κ1) is 13.9. The molecule has 0 aliphatic heterocycles. The summed E-state index contributed by atoms with van der Waals surface area (Å²) in [6, 6.07) is 8.70. The van der Waals surface area contributed by atoms with Crippen LogP contribution in [0.3, 0.4) is 0 Å². The van der Waals surface area contributed by atoms with Crippen LogP contribution in [0.1, 0.15) is 43.7 Å². The van der Waals surface area contributed by atoms with Crippen molar-refractivity contribution < 1.29 is 0 Å². The van der Waals surface area contributed by atoms with Crippen LogP contribution in [0.4, 0.5) is 0 Å². The third-order valence-electron chi connectivity index (χ3n) is 3.60. The summed E-state index contributed by atoms with van der Waals surface area (Å²) < 4.78 is 0. The van der Waals surface area contributed by atoms with E-state index in [-0.39, 0.29) is 0 Å². The molecule has 3 nitrogen and oxygen atoms in total. The zero-order chi connectivity index (χ0) is 13.5. The Hall–Kier alpha value is -1.51. The van der Waals surface area contributed by atoms with Crippen molar-refractivity contribution >= 4 is 5.96 Å². The first-order chi connectivity index (χ1) is 9.35. The number of benzene rings is 1. The second-order valence-corrected chi connectivity index (χ2v) is 5.10. The molecule has 0 saturated heterocycles. The van der Waals surface area contributed by atoms with Crippen molar-refractivity contribution in [1.82, 2.24) is 10.6 Å². The van der Waals surface area contributed by atoms with E-state index in [1.165, 1.54) is 30.4 Å². The van der Waals surface area contributed by atoms with Gasteiger partial charge in [0.15, 0.2) is 5.96 Å². The summed E-state index contributed by atoms with van der Waals surface area (Å²) in [5, 5.41) is 6.70. The minimum absolute atomic E-state index is 0.609. The van der Waals surface area contributed by atoms with Crippen molar-refractivity contribution in [2.24, 2.45) is 4.99 Å². The zero-order valence-electron chi connectivity index (χ0n) is 12.1. The summed E-state index contributed by atoms with van der Waals surface area (Å²) in [6.07, 6.45) is 3.58. The molecule has 1 atom stereocenters. The second-order valence-electron chi connectivity index (χ2n) is 5.10. The number of hydrogen-bond donors (Lipinski definition) is 2. The topological polar surface area (TPSA) is 36.4 Å². The number of fused-ring (bicyclic) bond motifs is 1. The molecule has 1 aliphatic carbocycles. The van der Waals surface area contributed by atoms with E-state index in [1.54, 1.807) is 0 Å². The molecule has 0 radical (unpaired) electrons. The van der Waals surface area contributed by atoms with E-state index in [0.717, 1.165) is 25.6 Å². The van der Waals surface area contributed by atoms with E-state index < -0.39 is 0 Å². The van der Waals surface area contributed by atoms with Crippen LogP contribution < -0.4 is 10.6 Å². The molecule has 1 aliphatic rings. The molecule has 1 aromatic carbocycles. The van der Waals surface area contributed by atoms with Crippen molar-refractivity contribution in [3.8, 4) is 0 Å². The molecule has 2 N–H and O–H groups in total. The van der Waals surface area contributed by atoms with Gasteiger partial charge in [-0.25, -0.2) is 0 Å². The van der Waals surface area contributed by atoms with Crippen molar-refractivity contribution in [1.29, 1.82) is 0 Å². The van der Waals surface area contributed by atoms with Crippen LogP contribution in [0.25, 0.3) is 0 Å². The summed E-state index contributed by atoms with van der Waals surface area (Å²) in [5.74, 6) is 1.57. The standard InChI is InChI=1S/C16H25N3/c1-3-5-10-18-16(17-4-2)19-12-14-11-13-8-6-7-9-15(13)14/h6-9,14H,3-5,10-12H2,1-2H3,(H2,17,18,19). The van der Waals surface area contributed by atoms with Gasteiger partial charge in [0.25, 0.3) is 0 Å². The predicted molar refractivity (Wildman–Crippen MR) is 81.8 cm³/mol. The van der Waals surface area contributed by atoms with Gasteiger partial charge in [0.2, 0.25) is 0 Å². The fourth-order valence-electron chi connectivity index (χ4n) is 2.45. The minimum Gasteiger partial charge on any atom is -0.357 e. The van der Waals surface area contributed by atoms with E-state index >= 15 is 0 Å². The lowest BCUT2D eigenvalue weighted by molar-refractivity contribution is 0.613. The normalized spacial score (nSPS) is 17.6. The van der Waals surface area contributed by atoms with Gasteiger partial charge in [0.1, 0.15) is 0 Å². The van der Waals surface area contributed by atoms with Crippen LogP contribution in [-0.2, 0) is 6.42 Å². The highest BCUT2D eigenvalue weighted by Gasteiger charge is 2.24. The fourth-order valence-corrected chi connectivity index (χ4v) is 2.45. The molecule has 0 spiro atoms. The van der Waals surface area contributed by atoms with E-state index in [1.807, 2.05) is 0 Å². The van der Waals surface area contributed by atoms with Gasteiger partial charge in [0.05, 0.1) is 0 Å². The molecule has 0 aromatic heterocycles. The molecule has 2 rings (SSSR count). The van der Waals surface area contributed by atoms with Crippen LogP contribution in [0, 0.1) is 0 Å². The van der Waals surface area contributed by atoms with Crippen molar-refractivity contribution in [2.75, 3.05) is 19.6 Å². The molecule has 0 bridgehead atoms. The molecule has 0 fully saturated rings. The van der Waals surface area contributed by atoms with E-state index in [4.69, 9.17) is 4.99 Å². The Morgan fingerprint density at radius 2 is 2.11 bits per heavy atom. The number of aliphatic imine (C=N–C) groups is 1. The average molecular weight is 259 g/mol. The lowest BCUT2D eigenvalue weighted by atomic mass is 9.78. The van der Waals surface area contributed by atoms with Gasteiger partial charge in [-0.05, 0) is 30.9 Å². The number of rotatable bonds is 6. The Labute approximate surface area is 116 Å². The molecular formula is C16H25N3. The molecule has 1 aromatic rings. The van der Waals surface area contributed by atoms with Crippen molar-refractivity contribution in [3.05, 3.63) is 35.4 Å². The predicted octanol–water partition coefficient (Wildman–Crippen LogP) is 2.68. The quantitative estimate of drug-likeness (QED) is 0.468. The molecule has 104 valence electrons. The number of hydrogen-bond acceptors (Lipinski definition) is 1. The van der Waals surface area contributed by atoms with Gasteiger partial charge in [-0.1, -0.05) is 37.6 Å². The van der Waals surface area contributed by atoms with Gasteiger partial charge < -0.3 is 10.6 Å². The van der Waals surface area contributed by atoms with Crippen LogP contribution in [0.2, 0.25) is 0 Å². The summed E-state index contributed by atoms with van der Waals surface area (Å²) in [4.78, 5) is 4.70. The highest BCUT2D eigenvalue weighted by Crippen LogP contribution is 2.34. The third-order valence-corrected chi connectivity index (χ3v) is 3.60. The summed E-state index contributed by atoms with van der Waals surface area (Å²) in [6.45, 7) is 7.12. The smallest absolute Gasteiger partial charge is 0.191 e. The average Bonchev–Trinajstić information content (AvgIpc) is 2.40. The summed E-state index contributed by atoms with van der Waals surface area (Å²) in [5.41, 5.74) is 2.97. The van der Waals surface area contributed by atoms with Crippen LogP contribution in [0.5, 0.6) is 0 Å². The molecule has 3 heteroatoms. The Bertz CT molecular complexity index is 426. The lowest BCUT2D eigenvalue weighted by Gasteiger charge is -2.28. The second kappa shape index (κ2) is 7.17. The SMILES string of the molecule is CCCCNC(=NCC1Cc2ccccc21)NCC. The monoisotopic (exact) mass is 259 g/mol. The maximum atomic E-state index is 4.70. The molecule has 1 unspecified atom stereocenters. The van der Waals surface area contributed by atoms with Gasteiger partial charge in [-0.15, -0.1) is 0 Å². The Balaban J connectivity index is 1.85. The molecule has 0 amide bonds. The first-order valence-corrected chi connectivity index (χ1v) is 7.45. The lowest BCUT2D eigenvalue weighted by Crippen LogP contribution is -2.38. The van der Waals surface area contributed by atoms with E-state index in [9.17, 15) is 0 Å². The van der Waals surface area contributed by atoms with Gasteiger partial charge >= 0.3 is 0 Å². The largest absolute Gasteiger partial charge is 0.357 e. The summed E-state index contributed by atoms with van der Waals surface area (Å²) in [7, 11) is 0. The first-order valence-electron chi connectivity index (χ1n) is 7.45. The van der Waals surface area contributed by atoms with Crippen LogP contribution in [0.15, 0.2) is 29.3 Å². The summed E-state index contributed by atoms with van der Waals surface area (Å²) >= 11 is 0. The number of nitrogens with one attached hydrogen (secondary N) is 2. The Morgan fingerprint density at radius 1 is 1.26 bits per heavy atom. The molecule has 0 saturated carbocycles. The number of guanidine groups is 1. The molecule has 0 heterocycles. The maximum absolute atomic E-state index is 4.70. The number of nitrogens with zero attached hydrogens (tertiary/aromatic N) is 1. The van der Waals surface area contributed by atoms with Crippen LogP contribution >= 0.6 is 0 Å². The Kier molecular flexibility index (Phi) is 5.25. The van der Waals surface area contributed by atoms with E-state index in [2.05, 4.69) is 48.7 Å². The minimum atomic E-state index is 0.609. The Morgan fingerprint density at radius 3 is 2.84 bits per heavy atom. The highest BCUT2D eigenvalue weighted by molar-refractivity contribution is 5.79.